The molecule has 1 aliphatic rings. The molecular weight excluding hydrogens is 357 g/mol. The van der Waals surface area contributed by atoms with Crippen molar-refractivity contribution in [2.24, 2.45) is 0 Å². The number of hydrogen-bond acceptors (Lipinski definition) is 4. The lowest BCUT2D eigenvalue weighted by molar-refractivity contribution is -0.117. The second-order valence-electron chi connectivity index (χ2n) is 5.51. The summed E-state index contributed by atoms with van der Waals surface area (Å²) in [6.45, 7) is -0.0992. The van der Waals surface area contributed by atoms with E-state index < -0.39 is 33.4 Å². The molecule has 25 heavy (non-hydrogen) atoms. The van der Waals surface area contributed by atoms with Gasteiger partial charge in [-0.2, -0.15) is 13.2 Å². The summed E-state index contributed by atoms with van der Waals surface area (Å²) in [5, 5.41) is 10.5. The van der Waals surface area contributed by atoms with E-state index in [0.717, 1.165) is 6.20 Å². The first-order chi connectivity index (χ1) is 11.6. The Bertz CT molecular complexity index is 969. The van der Waals surface area contributed by atoms with Gasteiger partial charge >= 0.3 is 6.18 Å². The molecular formula is C16H13F3N2O3S. The number of aliphatic hydroxyl groups excluding tert-OH is 1. The van der Waals surface area contributed by atoms with Crippen LogP contribution < -0.4 is 4.31 Å². The van der Waals surface area contributed by atoms with Crippen molar-refractivity contribution in [2.75, 3.05) is 10.8 Å². The van der Waals surface area contributed by atoms with Gasteiger partial charge in [0.1, 0.15) is 17.2 Å². The number of nitrogens with zero attached hydrogens (tertiary/aromatic N) is 2. The Labute approximate surface area is 142 Å². The van der Waals surface area contributed by atoms with Crippen molar-refractivity contribution in [3.05, 3.63) is 59.4 Å². The third kappa shape index (κ3) is 2.95. The molecule has 0 amide bonds. The lowest BCUT2D eigenvalue weighted by Gasteiger charge is -2.32. The molecule has 0 unspecified atom stereocenters. The fourth-order valence-electron chi connectivity index (χ4n) is 2.70. The maximum Gasteiger partial charge on any atom is 0.407 e. The maximum absolute atomic E-state index is 13.0. The minimum absolute atomic E-state index is 0.0210. The first-order valence-electron chi connectivity index (χ1n) is 7.16. The summed E-state index contributed by atoms with van der Waals surface area (Å²) >= 11 is 0. The first kappa shape index (κ1) is 17.3. The molecule has 0 saturated heterocycles. The van der Waals surface area contributed by atoms with E-state index in [4.69, 9.17) is 0 Å². The molecule has 0 atom stereocenters. The Morgan fingerprint density at radius 1 is 1.16 bits per heavy atom. The van der Waals surface area contributed by atoms with Crippen molar-refractivity contribution < 1.29 is 26.7 Å². The number of alkyl halides is 3. The van der Waals surface area contributed by atoms with E-state index in [1.54, 1.807) is 25.1 Å². The lowest BCUT2D eigenvalue weighted by atomic mass is 10.1. The van der Waals surface area contributed by atoms with Crippen molar-refractivity contribution in [2.45, 2.75) is 13.1 Å². The molecule has 0 aliphatic carbocycles. The third-order valence-corrected chi connectivity index (χ3v) is 5.63. The minimum atomic E-state index is -4.76. The summed E-state index contributed by atoms with van der Waals surface area (Å²) in [5.41, 5.74) is 0.328. The quantitative estimate of drug-likeness (QED) is 0.879. The van der Waals surface area contributed by atoms with Gasteiger partial charge in [0, 0.05) is 17.3 Å². The Kier molecular flexibility index (Phi) is 3.98. The van der Waals surface area contributed by atoms with Crippen molar-refractivity contribution in [1.29, 1.82) is 0 Å². The monoisotopic (exact) mass is 370 g/mol. The Morgan fingerprint density at radius 2 is 1.84 bits per heavy atom. The van der Waals surface area contributed by atoms with Gasteiger partial charge in [0.25, 0.3) is 10.0 Å². The zero-order valence-electron chi connectivity index (χ0n) is 12.9. The van der Waals surface area contributed by atoms with Gasteiger partial charge in [0.15, 0.2) is 0 Å². The van der Waals surface area contributed by atoms with E-state index in [9.17, 15) is 26.7 Å². The van der Waals surface area contributed by atoms with Gasteiger partial charge in [-0.25, -0.2) is 8.42 Å². The second kappa shape index (κ2) is 5.76. The van der Waals surface area contributed by atoms with Crippen LogP contribution >= 0.6 is 0 Å². The predicted octanol–water partition coefficient (Wildman–Crippen LogP) is 3.49. The number of aromatic nitrogens is 1. The van der Waals surface area contributed by atoms with Gasteiger partial charge in [0.2, 0.25) is 0 Å². The van der Waals surface area contributed by atoms with E-state index in [2.05, 4.69) is 4.98 Å². The zero-order chi connectivity index (χ0) is 18.4. The Balaban J connectivity index is 2.33. The largest absolute Gasteiger partial charge is 0.506 e. The number of anilines is 1. The van der Waals surface area contributed by atoms with Gasteiger partial charge in [-0.15, -0.1) is 0 Å². The number of aliphatic hydroxyl groups is 1. The number of aryl methyl sites for hydroxylation is 1. The molecule has 0 radical (unpaired) electrons. The van der Waals surface area contributed by atoms with Gasteiger partial charge in [0.05, 0.1) is 11.9 Å². The average Bonchev–Trinajstić information content (AvgIpc) is 2.52. The van der Waals surface area contributed by atoms with Crippen molar-refractivity contribution in [3.63, 3.8) is 0 Å². The van der Waals surface area contributed by atoms with E-state index in [-0.39, 0.29) is 21.1 Å². The number of pyridine rings is 1. The first-order valence-corrected chi connectivity index (χ1v) is 8.60. The van der Waals surface area contributed by atoms with Crippen molar-refractivity contribution in [3.8, 4) is 0 Å². The van der Waals surface area contributed by atoms with Crippen LogP contribution in [0.2, 0.25) is 0 Å². The smallest absolute Gasteiger partial charge is 0.407 e. The highest BCUT2D eigenvalue weighted by Gasteiger charge is 2.44. The molecule has 132 valence electrons. The molecule has 0 spiro atoms. The molecule has 9 heteroatoms. The normalized spacial score (nSPS) is 16.7. The fraction of sp³-hybridized carbons (Fsp3) is 0.188. The van der Waals surface area contributed by atoms with Crippen molar-refractivity contribution >= 4 is 26.4 Å². The van der Waals surface area contributed by atoms with Crippen LogP contribution in [-0.2, 0) is 10.0 Å². The Morgan fingerprint density at radius 3 is 2.48 bits per heavy atom. The van der Waals surface area contributed by atoms with E-state index in [1.807, 2.05) is 0 Å². The van der Waals surface area contributed by atoms with Crippen LogP contribution in [0.25, 0.3) is 10.7 Å². The second-order valence-corrected chi connectivity index (χ2v) is 7.31. The number of benzene rings is 1. The van der Waals surface area contributed by atoms with Gasteiger partial charge < -0.3 is 5.11 Å². The molecule has 1 aromatic heterocycles. The van der Waals surface area contributed by atoms with Crippen molar-refractivity contribution in [1.82, 2.24) is 4.98 Å². The minimum Gasteiger partial charge on any atom is -0.506 e. The summed E-state index contributed by atoms with van der Waals surface area (Å²) in [6, 6.07) is 7.55. The zero-order valence-corrected chi connectivity index (χ0v) is 13.8. The number of fused-ring (bicyclic) bond motifs is 1. The van der Waals surface area contributed by atoms with Crippen LogP contribution in [0.3, 0.4) is 0 Å². The van der Waals surface area contributed by atoms with Crippen LogP contribution in [0, 0.1) is 6.92 Å². The molecule has 2 heterocycles. The van der Waals surface area contributed by atoms with E-state index in [0.29, 0.717) is 5.56 Å². The summed E-state index contributed by atoms with van der Waals surface area (Å²) in [7, 11) is -4.63. The third-order valence-electron chi connectivity index (χ3n) is 3.80. The SMILES string of the molecule is Cc1ccccc1C1=C(O)c2ccncc2N(CC(F)(F)F)S1(=O)=O. The van der Waals surface area contributed by atoms with Gasteiger partial charge in [-0.3, -0.25) is 9.29 Å². The summed E-state index contributed by atoms with van der Waals surface area (Å²) in [6.07, 6.45) is -2.50. The van der Waals surface area contributed by atoms with Crippen LogP contribution in [0.4, 0.5) is 18.9 Å². The lowest BCUT2D eigenvalue weighted by Crippen LogP contribution is -2.41. The molecule has 3 rings (SSSR count). The summed E-state index contributed by atoms with van der Waals surface area (Å²) in [4.78, 5) is 3.14. The number of halogens is 3. The van der Waals surface area contributed by atoms with Crippen LogP contribution in [0.15, 0.2) is 42.7 Å². The predicted molar refractivity (Wildman–Crippen MR) is 87.2 cm³/mol. The molecule has 5 nitrogen and oxygen atoms in total. The van der Waals surface area contributed by atoms with Gasteiger partial charge in [-0.05, 0) is 18.6 Å². The standard InChI is InChI=1S/C16H13F3N2O3S/c1-10-4-2-3-5-11(10)15-14(22)12-6-7-20-8-13(12)21(25(15,23)24)9-16(17,18)19/h2-8,22H,9H2,1H3. The van der Waals surface area contributed by atoms with Crippen LogP contribution in [-0.4, -0.2) is 31.2 Å². The molecule has 0 saturated carbocycles. The maximum atomic E-state index is 13.0. The molecule has 1 aliphatic heterocycles. The highest BCUT2D eigenvalue weighted by atomic mass is 32.2. The summed E-state index contributed by atoms with van der Waals surface area (Å²) < 4.78 is 65.0. The molecule has 0 bridgehead atoms. The number of sulfonamides is 1. The number of hydrogen-bond donors (Lipinski definition) is 1. The van der Waals surface area contributed by atoms with E-state index >= 15 is 0 Å². The molecule has 2 aromatic rings. The van der Waals surface area contributed by atoms with Crippen LogP contribution in [0.1, 0.15) is 16.7 Å². The molecule has 1 N–H and O–H groups in total. The van der Waals surface area contributed by atoms with Gasteiger partial charge in [-0.1, -0.05) is 24.3 Å². The number of rotatable bonds is 2. The fourth-order valence-corrected chi connectivity index (χ4v) is 4.50. The van der Waals surface area contributed by atoms with E-state index in [1.165, 1.54) is 18.3 Å². The van der Waals surface area contributed by atoms with Crippen LogP contribution in [0.5, 0.6) is 0 Å². The average molecular weight is 370 g/mol. The Hall–Kier alpha value is -2.55. The highest BCUT2D eigenvalue weighted by molar-refractivity contribution is 8.02. The summed E-state index contributed by atoms with van der Waals surface area (Å²) in [5.74, 6) is -0.592. The highest BCUT2D eigenvalue weighted by Crippen LogP contribution is 2.43. The molecule has 1 aromatic carbocycles. The topological polar surface area (TPSA) is 70.5 Å². The molecule has 0 fully saturated rings.